The van der Waals surface area contributed by atoms with Gasteiger partial charge in [0.1, 0.15) is 5.82 Å². The second-order valence-corrected chi connectivity index (χ2v) is 6.49. The van der Waals surface area contributed by atoms with E-state index in [0.29, 0.717) is 6.04 Å². The number of hydrogen-bond donors (Lipinski definition) is 3. The molecule has 1 aliphatic heterocycles. The van der Waals surface area contributed by atoms with E-state index >= 15 is 0 Å². The quantitative estimate of drug-likeness (QED) is 0.809. The summed E-state index contributed by atoms with van der Waals surface area (Å²) in [4.78, 5) is 8.08. The lowest BCUT2D eigenvalue weighted by Crippen LogP contribution is -2.41. The maximum Gasteiger partial charge on any atom is 0.121 e. The Morgan fingerprint density at radius 2 is 2.10 bits per heavy atom. The first-order valence-electron chi connectivity index (χ1n) is 8.30. The zero-order valence-electron chi connectivity index (χ0n) is 12.4. The minimum absolute atomic E-state index is 0.647. The van der Waals surface area contributed by atoms with Crippen molar-refractivity contribution >= 4 is 11.0 Å². The molecule has 1 saturated heterocycles. The molecule has 4 nitrogen and oxygen atoms in total. The van der Waals surface area contributed by atoms with Crippen molar-refractivity contribution in [2.45, 2.75) is 50.7 Å². The van der Waals surface area contributed by atoms with Crippen molar-refractivity contribution in [1.82, 2.24) is 20.6 Å². The molecule has 0 radical (unpaired) electrons. The van der Waals surface area contributed by atoms with Crippen molar-refractivity contribution in [1.29, 1.82) is 0 Å². The Kier molecular flexibility index (Phi) is 3.65. The van der Waals surface area contributed by atoms with E-state index in [9.17, 15) is 0 Å². The number of fused-ring (bicyclic) bond motifs is 1. The van der Waals surface area contributed by atoms with Crippen LogP contribution in [0.2, 0.25) is 0 Å². The van der Waals surface area contributed by atoms with E-state index in [1.165, 1.54) is 38.6 Å². The maximum atomic E-state index is 4.66. The first-order chi connectivity index (χ1) is 10.4. The predicted octanol–water partition coefficient (Wildman–Crippen LogP) is 2.57. The largest absolute Gasteiger partial charge is 0.341 e. The van der Waals surface area contributed by atoms with Gasteiger partial charge in [-0.1, -0.05) is 18.6 Å². The molecule has 1 aromatic heterocycles. The van der Waals surface area contributed by atoms with Gasteiger partial charge in [0.25, 0.3) is 0 Å². The smallest absolute Gasteiger partial charge is 0.121 e. The number of H-pyrrole nitrogens is 1. The molecule has 1 aliphatic carbocycles. The number of hydrogen-bond acceptors (Lipinski definition) is 3. The van der Waals surface area contributed by atoms with Gasteiger partial charge < -0.3 is 15.6 Å². The Balaban J connectivity index is 1.41. The Hall–Kier alpha value is -1.39. The van der Waals surface area contributed by atoms with Gasteiger partial charge in [0.15, 0.2) is 0 Å². The molecule has 4 heteroatoms. The highest BCUT2D eigenvalue weighted by Gasteiger charge is 2.34. The van der Waals surface area contributed by atoms with Gasteiger partial charge in [0.2, 0.25) is 0 Å². The van der Waals surface area contributed by atoms with E-state index in [1.54, 1.807) is 0 Å². The minimum Gasteiger partial charge on any atom is -0.341 e. The average Bonchev–Trinajstić information content (AvgIpc) is 3.23. The number of para-hydroxylation sites is 2. The molecular formula is C17H24N4. The van der Waals surface area contributed by atoms with Crippen LogP contribution >= 0.6 is 0 Å². The highest BCUT2D eigenvalue weighted by molar-refractivity contribution is 5.74. The van der Waals surface area contributed by atoms with E-state index < -0.39 is 0 Å². The van der Waals surface area contributed by atoms with Gasteiger partial charge >= 0.3 is 0 Å². The molecular weight excluding hydrogens is 260 g/mol. The SMILES string of the molecule is c1ccc2[nH]c(CNC3CCCC3C3CCCN3)nc2c1. The van der Waals surface area contributed by atoms with Gasteiger partial charge in [-0.2, -0.15) is 0 Å². The minimum atomic E-state index is 0.647. The second-order valence-electron chi connectivity index (χ2n) is 6.49. The highest BCUT2D eigenvalue weighted by atomic mass is 15.0. The molecule has 3 unspecified atom stereocenters. The van der Waals surface area contributed by atoms with Crippen molar-refractivity contribution in [2.24, 2.45) is 5.92 Å². The molecule has 4 rings (SSSR count). The van der Waals surface area contributed by atoms with Crippen LogP contribution in [0.4, 0.5) is 0 Å². The van der Waals surface area contributed by atoms with E-state index in [2.05, 4.69) is 38.8 Å². The Bertz CT molecular complexity index is 567. The average molecular weight is 284 g/mol. The molecule has 21 heavy (non-hydrogen) atoms. The van der Waals surface area contributed by atoms with Gasteiger partial charge in [0, 0.05) is 12.1 Å². The lowest BCUT2D eigenvalue weighted by Gasteiger charge is -2.26. The fourth-order valence-electron chi connectivity index (χ4n) is 4.12. The van der Waals surface area contributed by atoms with Gasteiger partial charge in [-0.05, 0) is 50.3 Å². The summed E-state index contributed by atoms with van der Waals surface area (Å²) >= 11 is 0. The summed E-state index contributed by atoms with van der Waals surface area (Å²) in [5, 5.41) is 7.44. The number of aromatic amines is 1. The maximum absolute atomic E-state index is 4.66. The Morgan fingerprint density at radius 3 is 2.95 bits per heavy atom. The zero-order valence-corrected chi connectivity index (χ0v) is 12.4. The van der Waals surface area contributed by atoms with Crippen molar-refractivity contribution in [3.05, 3.63) is 30.1 Å². The molecule has 2 aliphatic rings. The van der Waals surface area contributed by atoms with Crippen molar-refractivity contribution < 1.29 is 0 Å². The molecule has 3 atom stereocenters. The molecule has 2 fully saturated rings. The summed E-state index contributed by atoms with van der Waals surface area (Å²) in [7, 11) is 0. The summed E-state index contributed by atoms with van der Waals surface area (Å²) in [6.07, 6.45) is 6.74. The number of rotatable bonds is 4. The number of nitrogens with zero attached hydrogens (tertiary/aromatic N) is 1. The third-order valence-electron chi connectivity index (χ3n) is 5.15. The summed E-state index contributed by atoms with van der Waals surface area (Å²) in [6, 6.07) is 9.63. The number of imidazole rings is 1. The second kappa shape index (κ2) is 5.78. The number of nitrogens with one attached hydrogen (secondary N) is 3. The molecule has 0 bridgehead atoms. The van der Waals surface area contributed by atoms with Crippen molar-refractivity contribution in [2.75, 3.05) is 6.54 Å². The fraction of sp³-hybridized carbons (Fsp3) is 0.588. The van der Waals surface area contributed by atoms with Crippen LogP contribution in [0.5, 0.6) is 0 Å². The third kappa shape index (κ3) is 2.70. The first kappa shape index (κ1) is 13.3. The van der Waals surface area contributed by atoms with Gasteiger partial charge in [-0.25, -0.2) is 4.98 Å². The summed E-state index contributed by atoms with van der Waals surface area (Å²) in [6.45, 7) is 2.06. The van der Waals surface area contributed by atoms with Gasteiger partial charge in [0.05, 0.1) is 17.6 Å². The lowest BCUT2D eigenvalue weighted by molar-refractivity contribution is 0.318. The standard InChI is InChI=1S/C17H24N4/c1-2-7-16-15(6-1)20-17(21-16)11-19-14-8-3-5-12(14)13-9-4-10-18-13/h1-2,6-7,12-14,18-19H,3-5,8-11H2,(H,20,21). The molecule has 3 N–H and O–H groups in total. The van der Waals surface area contributed by atoms with Crippen LogP contribution in [0.1, 0.15) is 37.9 Å². The molecule has 2 aromatic rings. The van der Waals surface area contributed by atoms with Crippen LogP contribution in [-0.4, -0.2) is 28.6 Å². The van der Waals surface area contributed by atoms with E-state index in [0.717, 1.165) is 35.4 Å². The Morgan fingerprint density at radius 1 is 1.14 bits per heavy atom. The normalized spacial score (nSPS) is 29.4. The van der Waals surface area contributed by atoms with Crippen molar-refractivity contribution in [3.8, 4) is 0 Å². The predicted molar refractivity (Wildman–Crippen MR) is 85.1 cm³/mol. The summed E-state index contributed by atoms with van der Waals surface area (Å²) in [5.41, 5.74) is 2.20. The van der Waals surface area contributed by atoms with E-state index in [-0.39, 0.29) is 0 Å². The molecule has 0 amide bonds. The van der Waals surface area contributed by atoms with Crippen molar-refractivity contribution in [3.63, 3.8) is 0 Å². The number of benzene rings is 1. The van der Waals surface area contributed by atoms with Crippen LogP contribution in [0, 0.1) is 5.92 Å². The van der Waals surface area contributed by atoms with Crippen LogP contribution in [0.15, 0.2) is 24.3 Å². The van der Waals surface area contributed by atoms with Gasteiger partial charge in [-0.3, -0.25) is 0 Å². The lowest BCUT2D eigenvalue weighted by atomic mass is 9.93. The zero-order chi connectivity index (χ0) is 14.1. The summed E-state index contributed by atoms with van der Waals surface area (Å²) < 4.78 is 0. The van der Waals surface area contributed by atoms with Crippen LogP contribution in [0.3, 0.4) is 0 Å². The fourth-order valence-corrected chi connectivity index (χ4v) is 4.12. The van der Waals surface area contributed by atoms with Crippen LogP contribution in [-0.2, 0) is 6.54 Å². The Labute approximate surface area is 125 Å². The van der Waals surface area contributed by atoms with Crippen LogP contribution in [0.25, 0.3) is 11.0 Å². The highest BCUT2D eigenvalue weighted by Crippen LogP contribution is 2.32. The monoisotopic (exact) mass is 284 g/mol. The van der Waals surface area contributed by atoms with Gasteiger partial charge in [-0.15, -0.1) is 0 Å². The summed E-state index contributed by atoms with van der Waals surface area (Å²) in [5.74, 6) is 1.86. The first-order valence-corrected chi connectivity index (χ1v) is 8.30. The third-order valence-corrected chi connectivity index (χ3v) is 5.15. The van der Waals surface area contributed by atoms with E-state index in [4.69, 9.17) is 0 Å². The molecule has 112 valence electrons. The topological polar surface area (TPSA) is 52.7 Å². The molecule has 2 heterocycles. The van der Waals surface area contributed by atoms with Crippen LogP contribution < -0.4 is 10.6 Å². The number of aromatic nitrogens is 2. The van der Waals surface area contributed by atoms with E-state index in [1.807, 2.05) is 6.07 Å². The molecule has 0 spiro atoms. The molecule has 1 aromatic carbocycles. The molecule has 1 saturated carbocycles.